The minimum absolute atomic E-state index is 0.114. The predicted octanol–water partition coefficient (Wildman–Crippen LogP) is 4.84. The predicted molar refractivity (Wildman–Crippen MR) is 123 cm³/mol. The molecule has 1 saturated carbocycles. The van der Waals surface area contributed by atoms with Gasteiger partial charge in [-0.15, -0.1) is 0 Å². The molecule has 1 aliphatic carbocycles. The van der Waals surface area contributed by atoms with Crippen molar-refractivity contribution in [2.75, 3.05) is 6.54 Å². The Bertz CT molecular complexity index is 1200. The summed E-state index contributed by atoms with van der Waals surface area (Å²) in [5.74, 6) is 1.64. The number of hydrogen-bond donors (Lipinski definition) is 1. The van der Waals surface area contributed by atoms with Crippen molar-refractivity contribution in [3.8, 4) is 11.3 Å². The summed E-state index contributed by atoms with van der Waals surface area (Å²) >= 11 is 0. The summed E-state index contributed by atoms with van der Waals surface area (Å²) in [7, 11) is 0. The van der Waals surface area contributed by atoms with Gasteiger partial charge in [0.25, 0.3) is 0 Å². The number of nitrogens with two attached hydrogens (primary N) is 1. The molecule has 6 rings (SSSR count). The van der Waals surface area contributed by atoms with Gasteiger partial charge < -0.3 is 10.6 Å². The first-order valence-corrected chi connectivity index (χ1v) is 10.7. The summed E-state index contributed by atoms with van der Waals surface area (Å²) < 4.78 is 0. The lowest BCUT2D eigenvalue weighted by atomic mass is 9.87. The molecular weight excluding hydrogens is 368 g/mol. The third kappa shape index (κ3) is 3.00. The third-order valence-corrected chi connectivity index (χ3v) is 6.45. The van der Waals surface area contributed by atoms with Crippen molar-refractivity contribution in [1.82, 2.24) is 9.88 Å². The molecule has 0 saturated heterocycles. The maximum absolute atomic E-state index is 6.38. The molecule has 0 amide bonds. The monoisotopic (exact) mass is 392 g/mol. The van der Waals surface area contributed by atoms with Gasteiger partial charge in [-0.3, -0.25) is 0 Å². The van der Waals surface area contributed by atoms with E-state index in [0.29, 0.717) is 5.84 Å². The highest BCUT2D eigenvalue weighted by Crippen LogP contribution is 2.41. The Morgan fingerprint density at radius 2 is 1.80 bits per heavy atom. The maximum Gasteiger partial charge on any atom is 0.109 e. The molecule has 0 spiro atoms. The van der Waals surface area contributed by atoms with Gasteiger partial charge in [0.1, 0.15) is 5.84 Å². The molecule has 1 fully saturated rings. The van der Waals surface area contributed by atoms with Crippen LogP contribution in [-0.4, -0.2) is 28.3 Å². The summed E-state index contributed by atoms with van der Waals surface area (Å²) in [5.41, 5.74) is 12.0. The van der Waals surface area contributed by atoms with E-state index in [4.69, 9.17) is 10.7 Å². The van der Waals surface area contributed by atoms with Gasteiger partial charge in [-0.1, -0.05) is 48.5 Å². The molecule has 1 aromatic heterocycles. The summed E-state index contributed by atoms with van der Waals surface area (Å²) in [6.45, 7) is 1.10. The number of pyridine rings is 1. The van der Waals surface area contributed by atoms with Crippen molar-refractivity contribution in [2.45, 2.75) is 18.9 Å². The van der Waals surface area contributed by atoms with Crippen molar-refractivity contribution in [2.24, 2.45) is 22.6 Å². The number of amidine groups is 1. The van der Waals surface area contributed by atoms with Crippen LogP contribution in [0.3, 0.4) is 0 Å². The number of nitrogens with zero attached hydrogens (tertiary/aromatic N) is 3. The van der Waals surface area contributed by atoms with Crippen LogP contribution < -0.4 is 5.73 Å². The fourth-order valence-corrected chi connectivity index (χ4v) is 4.67. The molecule has 0 bridgehead atoms. The van der Waals surface area contributed by atoms with Gasteiger partial charge in [0.15, 0.2) is 0 Å². The topological polar surface area (TPSA) is 54.5 Å². The second-order valence-corrected chi connectivity index (χ2v) is 8.56. The van der Waals surface area contributed by atoms with Crippen LogP contribution >= 0.6 is 0 Å². The fourth-order valence-electron chi connectivity index (χ4n) is 4.67. The fraction of sp³-hybridized carbons (Fsp3) is 0.231. The zero-order valence-electron chi connectivity index (χ0n) is 16.8. The smallest absolute Gasteiger partial charge is 0.109 e. The first kappa shape index (κ1) is 17.5. The first-order chi connectivity index (χ1) is 14.8. The highest BCUT2D eigenvalue weighted by Gasteiger charge is 2.40. The summed E-state index contributed by atoms with van der Waals surface area (Å²) in [4.78, 5) is 11.9. The third-order valence-electron chi connectivity index (χ3n) is 6.45. The molecule has 3 heterocycles. The number of aliphatic imine (C=N–C) groups is 1. The molecule has 30 heavy (non-hydrogen) atoms. The minimum Gasteiger partial charge on any atom is -0.387 e. The Kier molecular flexibility index (Phi) is 3.98. The molecule has 148 valence electrons. The van der Waals surface area contributed by atoms with Crippen LogP contribution in [0.1, 0.15) is 18.4 Å². The Morgan fingerprint density at radius 3 is 2.63 bits per heavy atom. The normalized spacial score (nSPS) is 22.7. The quantitative estimate of drug-likeness (QED) is 0.691. The van der Waals surface area contributed by atoms with Crippen LogP contribution in [-0.2, 0) is 0 Å². The molecule has 0 radical (unpaired) electrons. The van der Waals surface area contributed by atoms with E-state index in [9.17, 15) is 0 Å². The SMILES string of the molecule is NC1=NC=CC2C1C(c1ccc3ccc(-c4ccccc4)nc3c1)=CN2CC1CC1. The van der Waals surface area contributed by atoms with Crippen LogP contribution in [0.2, 0.25) is 0 Å². The largest absolute Gasteiger partial charge is 0.387 e. The zero-order chi connectivity index (χ0) is 20.1. The Balaban J connectivity index is 1.41. The molecule has 2 unspecified atom stereocenters. The standard InChI is InChI=1S/C26H24N4/c27-26-25-21(16-30(15-17-6-7-17)24(25)12-13-28-26)20-9-8-19-10-11-22(29-23(19)14-20)18-4-2-1-3-5-18/h1-5,8-14,16-17,24-25H,6-7,15H2,(H2,27,28). The van der Waals surface area contributed by atoms with E-state index in [1.165, 1.54) is 24.0 Å². The van der Waals surface area contributed by atoms with E-state index in [1.807, 2.05) is 24.4 Å². The first-order valence-electron chi connectivity index (χ1n) is 10.7. The van der Waals surface area contributed by atoms with E-state index in [0.717, 1.165) is 34.6 Å². The van der Waals surface area contributed by atoms with Crippen LogP contribution in [0.5, 0.6) is 0 Å². The molecule has 4 heteroatoms. The van der Waals surface area contributed by atoms with Gasteiger partial charge >= 0.3 is 0 Å². The average Bonchev–Trinajstić information content (AvgIpc) is 3.53. The average molecular weight is 393 g/mol. The summed E-state index contributed by atoms with van der Waals surface area (Å²) in [5, 5.41) is 1.15. The van der Waals surface area contributed by atoms with Crippen LogP contribution in [0.25, 0.3) is 27.7 Å². The Labute approximate surface area is 176 Å². The molecule has 3 aliphatic rings. The lowest BCUT2D eigenvalue weighted by Gasteiger charge is -2.29. The van der Waals surface area contributed by atoms with E-state index >= 15 is 0 Å². The zero-order valence-corrected chi connectivity index (χ0v) is 16.8. The van der Waals surface area contributed by atoms with Crippen molar-refractivity contribution >= 4 is 22.3 Å². The van der Waals surface area contributed by atoms with Crippen molar-refractivity contribution in [3.05, 3.63) is 84.7 Å². The van der Waals surface area contributed by atoms with Gasteiger partial charge in [0.2, 0.25) is 0 Å². The Hall–Kier alpha value is -3.40. The van der Waals surface area contributed by atoms with E-state index in [-0.39, 0.29) is 12.0 Å². The van der Waals surface area contributed by atoms with Crippen LogP contribution in [0.4, 0.5) is 0 Å². The van der Waals surface area contributed by atoms with Crippen LogP contribution in [0.15, 0.2) is 84.1 Å². The van der Waals surface area contributed by atoms with Gasteiger partial charge in [0, 0.05) is 29.9 Å². The highest BCUT2D eigenvalue weighted by atomic mass is 15.2. The van der Waals surface area contributed by atoms with Crippen molar-refractivity contribution in [1.29, 1.82) is 0 Å². The van der Waals surface area contributed by atoms with E-state index in [1.54, 1.807) is 0 Å². The summed E-state index contributed by atoms with van der Waals surface area (Å²) in [6.07, 6.45) is 9.05. The summed E-state index contributed by atoms with van der Waals surface area (Å²) in [6, 6.07) is 21.4. The number of rotatable bonds is 4. The van der Waals surface area contributed by atoms with Gasteiger partial charge in [-0.25, -0.2) is 9.98 Å². The van der Waals surface area contributed by atoms with E-state index in [2.05, 4.69) is 64.6 Å². The molecule has 4 nitrogen and oxygen atoms in total. The maximum atomic E-state index is 6.38. The van der Waals surface area contributed by atoms with Crippen molar-refractivity contribution in [3.63, 3.8) is 0 Å². The molecule has 2 aliphatic heterocycles. The van der Waals surface area contributed by atoms with Crippen molar-refractivity contribution < 1.29 is 0 Å². The molecule has 2 aromatic carbocycles. The molecule has 2 atom stereocenters. The number of hydrogen-bond acceptors (Lipinski definition) is 4. The Morgan fingerprint density at radius 1 is 0.967 bits per heavy atom. The van der Waals surface area contributed by atoms with Gasteiger partial charge in [0.05, 0.1) is 23.2 Å². The van der Waals surface area contributed by atoms with Gasteiger partial charge in [-0.05, 0) is 48.1 Å². The molecular formula is C26H24N4. The van der Waals surface area contributed by atoms with Gasteiger partial charge in [-0.2, -0.15) is 0 Å². The second kappa shape index (κ2) is 6.84. The molecule has 2 N–H and O–H groups in total. The number of benzene rings is 2. The lowest BCUT2D eigenvalue weighted by Crippen LogP contribution is -2.40. The molecule has 3 aromatic rings. The highest BCUT2D eigenvalue weighted by molar-refractivity contribution is 5.99. The lowest BCUT2D eigenvalue weighted by molar-refractivity contribution is 0.311. The second-order valence-electron chi connectivity index (χ2n) is 8.56. The number of fused-ring (bicyclic) bond motifs is 2. The minimum atomic E-state index is 0.114. The number of aromatic nitrogens is 1. The van der Waals surface area contributed by atoms with E-state index < -0.39 is 0 Å². The van der Waals surface area contributed by atoms with Crippen LogP contribution in [0, 0.1) is 11.8 Å².